The van der Waals surface area contributed by atoms with Crippen molar-refractivity contribution in [3.05, 3.63) is 35.4 Å². The van der Waals surface area contributed by atoms with Crippen molar-refractivity contribution >= 4 is 5.91 Å². The van der Waals surface area contributed by atoms with Gasteiger partial charge in [-0.1, -0.05) is 24.0 Å². The zero-order valence-corrected chi connectivity index (χ0v) is 11.4. The predicted molar refractivity (Wildman–Crippen MR) is 76.4 cm³/mol. The van der Waals surface area contributed by atoms with Gasteiger partial charge >= 0.3 is 0 Å². The number of nitrogens with zero attached hydrogens (tertiary/aromatic N) is 1. The van der Waals surface area contributed by atoms with Crippen molar-refractivity contribution in [2.45, 2.75) is 32.2 Å². The highest BCUT2D eigenvalue weighted by atomic mass is 16.2. The molecule has 1 heterocycles. The van der Waals surface area contributed by atoms with E-state index in [2.05, 4.69) is 18.8 Å². The quantitative estimate of drug-likeness (QED) is 0.823. The number of hydrogen-bond acceptors (Lipinski definition) is 2. The Morgan fingerprint density at radius 1 is 1.32 bits per heavy atom. The first kappa shape index (κ1) is 13.6. The zero-order valence-electron chi connectivity index (χ0n) is 11.4. The van der Waals surface area contributed by atoms with Crippen LogP contribution in [0, 0.1) is 11.8 Å². The monoisotopic (exact) mass is 256 g/mol. The van der Waals surface area contributed by atoms with E-state index in [1.54, 1.807) is 0 Å². The van der Waals surface area contributed by atoms with Gasteiger partial charge in [0.1, 0.15) is 0 Å². The topological polar surface area (TPSA) is 46.3 Å². The molecule has 1 aromatic carbocycles. The largest absolute Gasteiger partial charge is 0.336 e. The second-order valence-electron chi connectivity index (χ2n) is 4.85. The number of likely N-dealkylation sites (tertiary alicyclic amines) is 1. The highest BCUT2D eigenvalue weighted by Crippen LogP contribution is 2.24. The molecule has 1 atom stereocenters. The molecule has 1 aromatic rings. The summed E-state index contributed by atoms with van der Waals surface area (Å²) in [6, 6.07) is 8.22. The van der Waals surface area contributed by atoms with Crippen molar-refractivity contribution in [2.75, 3.05) is 13.1 Å². The van der Waals surface area contributed by atoms with E-state index < -0.39 is 0 Å². The summed E-state index contributed by atoms with van der Waals surface area (Å²) in [6.07, 6.45) is 2.82. The van der Waals surface area contributed by atoms with Crippen LogP contribution >= 0.6 is 0 Å². The van der Waals surface area contributed by atoms with Crippen molar-refractivity contribution in [3.8, 4) is 11.8 Å². The average molecular weight is 256 g/mol. The second-order valence-corrected chi connectivity index (χ2v) is 4.85. The van der Waals surface area contributed by atoms with E-state index in [0.29, 0.717) is 13.0 Å². The minimum atomic E-state index is 0.143. The van der Waals surface area contributed by atoms with Crippen LogP contribution in [0.4, 0.5) is 0 Å². The molecule has 1 fully saturated rings. The van der Waals surface area contributed by atoms with Crippen LogP contribution in [0.3, 0.4) is 0 Å². The first-order chi connectivity index (χ1) is 9.22. The number of nitrogens with two attached hydrogens (primary N) is 1. The molecule has 0 aromatic heterocycles. The van der Waals surface area contributed by atoms with Crippen LogP contribution in [0.5, 0.6) is 0 Å². The lowest BCUT2D eigenvalue weighted by Gasteiger charge is -2.32. The van der Waals surface area contributed by atoms with Crippen LogP contribution in [0.15, 0.2) is 24.3 Å². The first-order valence-electron chi connectivity index (χ1n) is 6.80. The Morgan fingerprint density at radius 3 is 2.68 bits per heavy atom. The molecule has 0 spiro atoms. The molecule has 1 amide bonds. The smallest absolute Gasteiger partial charge is 0.223 e. The van der Waals surface area contributed by atoms with Gasteiger partial charge in [-0.2, -0.15) is 0 Å². The Kier molecular flexibility index (Phi) is 4.59. The molecule has 1 aliphatic rings. The third-order valence-electron chi connectivity index (χ3n) is 3.56. The number of carbonyl (C=O) groups excluding carboxylic acids is 1. The molecule has 1 unspecified atom stereocenters. The highest BCUT2D eigenvalue weighted by Gasteiger charge is 2.23. The van der Waals surface area contributed by atoms with Gasteiger partial charge in [0.2, 0.25) is 5.91 Å². The minimum absolute atomic E-state index is 0.143. The molecule has 1 aliphatic heterocycles. The minimum Gasteiger partial charge on any atom is -0.336 e. The molecule has 3 nitrogen and oxygen atoms in total. The van der Waals surface area contributed by atoms with E-state index in [1.807, 2.05) is 29.2 Å². The summed E-state index contributed by atoms with van der Waals surface area (Å²) in [5.74, 6) is 6.11. The van der Waals surface area contributed by atoms with Crippen molar-refractivity contribution in [2.24, 2.45) is 5.73 Å². The molecular formula is C16H20N2O. The molecule has 100 valence electrons. The lowest BCUT2D eigenvalue weighted by Crippen LogP contribution is -2.37. The molecule has 1 saturated heterocycles. The third kappa shape index (κ3) is 3.36. The van der Waals surface area contributed by atoms with Crippen molar-refractivity contribution < 1.29 is 4.79 Å². The lowest BCUT2D eigenvalue weighted by atomic mass is 10.0. The third-order valence-corrected chi connectivity index (χ3v) is 3.56. The van der Waals surface area contributed by atoms with Crippen LogP contribution in [0.1, 0.15) is 43.4 Å². The van der Waals surface area contributed by atoms with E-state index >= 15 is 0 Å². The Morgan fingerprint density at radius 2 is 2.05 bits per heavy atom. The average Bonchev–Trinajstić information content (AvgIpc) is 2.45. The Hall–Kier alpha value is -1.79. The fraction of sp³-hybridized carbons (Fsp3) is 0.438. The zero-order chi connectivity index (χ0) is 13.7. The van der Waals surface area contributed by atoms with Gasteiger partial charge < -0.3 is 10.6 Å². The summed E-state index contributed by atoms with van der Waals surface area (Å²) < 4.78 is 0. The molecule has 3 heteroatoms. The van der Waals surface area contributed by atoms with Gasteiger partial charge in [0, 0.05) is 18.5 Å². The van der Waals surface area contributed by atoms with E-state index in [4.69, 9.17) is 5.73 Å². The fourth-order valence-corrected chi connectivity index (χ4v) is 2.41. The van der Waals surface area contributed by atoms with Gasteiger partial charge in [0.05, 0.1) is 12.6 Å². The Bertz CT molecular complexity index is 496. The van der Waals surface area contributed by atoms with E-state index in [-0.39, 0.29) is 11.9 Å². The molecule has 19 heavy (non-hydrogen) atoms. The Labute approximate surface area is 114 Å². The number of piperidine rings is 1. The van der Waals surface area contributed by atoms with Crippen LogP contribution in [-0.4, -0.2) is 23.9 Å². The van der Waals surface area contributed by atoms with E-state index in [9.17, 15) is 4.79 Å². The highest BCUT2D eigenvalue weighted by molar-refractivity contribution is 5.77. The molecule has 2 rings (SSSR count). The molecule has 0 saturated carbocycles. The molecule has 2 N–H and O–H groups in total. The van der Waals surface area contributed by atoms with Gasteiger partial charge in [0.25, 0.3) is 0 Å². The fourth-order valence-electron chi connectivity index (χ4n) is 2.41. The lowest BCUT2D eigenvalue weighted by molar-refractivity contribution is -0.135. The number of benzene rings is 1. The van der Waals surface area contributed by atoms with Crippen LogP contribution in [-0.2, 0) is 4.79 Å². The Balaban J connectivity index is 2.10. The predicted octanol–water partition coefficient (Wildman–Crippen LogP) is 2.07. The van der Waals surface area contributed by atoms with Crippen molar-refractivity contribution in [1.82, 2.24) is 4.90 Å². The maximum Gasteiger partial charge on any atom is 0.223 e. The molecule has 0 radical (unpaired) electrons. The van der Waals surface area contributed by atoms with E-state index in [0.717, 1.165) is 30.5 Å². The standard InChI is InChI=1S/C16H20N2O/c1-13(18-12-3-2-6-16(18)19)15-9-7-14(8-10-15)5-4-11-17/h7-10,13H,2-3,6,11-12,17H2,1H3. The molecule has 0 aliphatic carbocycles. The second kappa shape index (κ2) is 6.40. The SMILES string of the molecule is CC(c1ccc(C#CCN)cc1)N1CCCCC1=O. The number of rotatable bonds is 2. The summed E-state index contributed by atoms with van der Waals surface area (Å²) in [7, 11) is 0. The number of hydrogen-bond donors (Lipinski definition) is 1. The summed E-state index contributed by atoms with van der Waals surface area (Å²) in [5.41, 5.74) is 7.47. The summed E-state index contributed by atoms with van der Waals surface area (Å²) in [6.45, 7) is 3.33. The summed E-state index contributed by atoms with van der Waals surface area (Å²) in [5, 5.41) is 0. The van der Waals surface area contributed by atoms with Crippen LogP contribution < -0.4 is 5.73 Å². The maximum absolute atomic E-state index is 11.9. The van der Waals surface area contributed by atoms with Crippen molar-refractivity contribution in [3.63, 3.8) is 0 Å². The van der Waals surface area contributed by atoms with Crippen molar-refractivity contribution in [1.29, 1.82) is 0 Å². The summed E-state index contributed by atoms with van der Waals surface area (Å²) >= 11 is 0. The van der Waals surface area contributed by atoms with Crippen LogP contribution in [0.25, 0.3) is 0 Å². The van der Waals surface area contributed by atoms with Gasteiger partial charge in [-0.25, -0.2) is 0 Å². The maximum atomic E-state index is 11.9. The van der Waals surface area contributed by atoms with Gasteiger partial charge in [-0.15, -0.1) is 0 Å². The molecular weight excluding hydrogens is 236 g/mol. The van der Waals surface area contributed by atoms with Crippen LogP contribution in [0.2, 0.25) is 0 Å². The van der Waals surface area contributed by atoms with Gasteiger partial charge in [-0.05, 0) is 37.5 Å². The summed E-state index contributed by atoms with van der Waals surface area (Å²) in [4.78, 5) is 13.9. The molecule has 0 bridgehead atoms. The van der Waals surface area contributed by atoms with Gasteiger partial charge in [0.15, 0.2) is 0 Å². The van der Waals surface area contributed by atoms with E-state index in [1.165, 1.54) is 0 Å². The normalized spacial score (nSPS) is 16.7. The number of carbonyl (C=O) groups is 1. The first-order valence-corrected chi connectivity index (χ1v) is 6.80. The van der Waals surface area contributed by atoms with Gasteiger partial charge in [-0.3, -0.25) is 4.79 Å². The number of amides is 1.